The molecule has 106 valence electrons. The first-order valence-electron chi connectivity index (χ1n) is 7.30. The van der Waals surface area contributed by atoms with Crippen molar-refractivity contribution in [2.24, 2.45) is 0 Å². The van der Waals surface area contributed by atoms with Gasteiger partial charge >= 0.3 is 0 Å². The van der Waals surface area contributed by atoms with Gasteiger partial charge in [-0.3, -0.25) is 0 Å². The van der Waals surface area contributed by atoms with Gasteiger partial charge in [-0.15, -0.1) is 11.3 Å². The third-order valence-corrected chi connectivity index (χ3v) is 6.40. The maximum absolute atomic E-state index is 3.75. The molecule has 1 aromatic heterocycles. The van der Waals surface area contributed by atoms with Crippen LogP contribution in [0.15, 0.2) is 46.3 Å². The molecule has 1 nitrogen and oxygen atoms in total. The van der Waals surface area contributed by atoms with Crippen LogP contribution in [0.2, 0.25) is 0 Å². The van der Waals surface area contributed by atoms with Crippen molar-refractivity contribution in [2.75, 3.05) is 6.54 Å². The molecule has 3 heteroatoms. The molecular formula is C17H20BrNS. The lowest BCUT2D eigenvalue weighted by atomic mass is 9.59. The van der Waals surface area contributed by atoms with Gasteiger partial charge in [0.2, 0.25) is 0 Å². The van der Waals surface area contributed by atoms with E-state index in [2.05, 4.69) is 69.9 Å². The van der Waals surface area contributed by atoms with Crippen molar-refractivity contribution >= 4 is 27.3 Å². The van der Waals surface area contributed by atoms with E-state index in [4.69, 9.17) is 0 Å². The fraction of sp³-hybridized carbons (Fsp3) is 0.412. The Hall–Kier alpha value is -0.640. The standard InChI is InChI=1S/C17H20BrNS/c1-2-19-16(15-14(18)9-12-20-15)17(10-6-11-17)13-7-4-3-5-8-13/h3-5,7-9,12,16,19H,2,6,10-11H2,1H3. The largest absolute Gasteiger partial charge is 0.309 e. The van der Waals surface area contributed by atoms with Crippen molar-refractivity contribution in [1.82, 2.24) is 5.32 Å². The van der Waals surface area contributed by atoms with Crippen molar-refractivity contribution in [1.29, 1.82) is 0 Å². The Labute approximate surface area is 133 Å². The molecule has 0 amide bonds. The highest BCUT2D eigenvalue weighted by atomic mass is 79.9. The highest BCUT2D eigenvalue weighted by Gasteiger charge is 2.46. The third kappa shape index (κ3) is 2.36. The molecule has 1 atom stereocenters. The third-order valence-electron chi connectivity index (χ3n) is 4.46. The topological polar surface area (TPSA) is 12.0 Å². The van der Waals surface area contributed by atoms with Crippen LogP contribution in [0.3, 0.4) is 0 Å². The molecule has 1 N–H and O–H groups in total. The Morgan fingerprint density at radius 1 is 1.25 bits per heavy atom. The molecule has 1 saturated carbocycles. The van der Waals surface area contributed by atoms with Gasteiger partial charge in [0.05, 0.1) is 6.04 Å². The van der Waals surface area contributed by atoms with Gasteiger partial charge in [0, 0.05) is 14.8 Å². The molecule has 1 fully saturated rings. The van der Waals surface area contributed by atoms with E-state index in [1.54, 1.807) is 0 Å². The first-order chi connectivity index (χ1) is 9.78. The molecule has 20 heavy (non-hydrogen) atoms. The highest BCUT2D eigenvalue weighted by Crippen LogP contribution is 2.53. The van der Waals surface area contributed by atoms with Gasteiger partial charge < -0.3 is 5.32 Å². The summed E-state index contributed by atoms with van der Waals surface area (Å²) in [6.45, 7) is 3.20. The lowest BCUT2D eigenvalue weighted by Crippen LogP contribution is -2.46. The summed E-state index contributed by atoms with van der Waals surface area (Å²) in [7, 11) is 0. The molecule has 3 rings (SSSR count). The van der Waals surface area contributed by atoms with E-state index < -0.39 is 0 Å². The number of nitrogens with one attached hydrogen (secondary N) is 1. The van der Waals surface area contributed by atoms with Crippen molar-refractivity contribution < 1.29 is 0 Å². The zero-order valence-corrected chi connectivity index (χ0v) is 14.1. The maximum Gasteiger partial charge on any atom is 0.0524 e. The smallest absolute Gasteiger partial charge is 0.0524 e. The van der Waals surface area contributed by atoms with Crippen molar-refractivity contribution in [3.8, 4) is 0 Å². The van der Waals surface area contributed by atoms with E-state index in [1.807, 2.05) is 11.3 Å². The number of thiophene rings is 1. The summed E-state index contributed by atoms with van der Waals surface area (Å²) in [6, 6.07) is 13.6. The zero-order valence-electron chi connectivity index (χ0n) is 11.7. The summed E-state index contributed by atoms with van der Waals surface area (Å²) in [5.74, 6) is 0. The van der Waals surface area contributed by atoms with Crippen LogP contribution < -0.4 is 5.32 Å². The first kappa shape index (κ1) is 14.3. The molecule has 0 saturated heterocycles. The summed E-state index contributed by atoms with van der Waals surface area (Å²) in [4.78, 5) is 1.44. The predicted octanol–water partition coefficient (Wildman–Crippen LogP) is 5.28. The quantitative estimate of drug-likeness (QED) is 0.773. The van der Waals surface area contributed by atoms with Crippen LogP contribution in [-0.2, 0) is 5.41 Å². The van der Waals surface area contributed by atoms with Gasteiger partial charge in [0.1, 0.15) is 0 Å². The minimum atomic E-state index is 0.268. The molecule has 0 spiro atoms. The van der Waals surface area contributed by atoms with E-state index >= 15 is 0 Å². The van der Waals surface area contributed by atoms with Crippen LogP contribution in [0.4, 0.5) is 0 Å². The molecule has 1 heterocycles. The normalized spacial score (nSPS) is 18.5. The summed E-state index contributed by atoms with van der Waals surface area (Å²) in [5.41, 5.74) is 1.75. The summed E-state index contributed by atoms with van der Waals surface area (Å²) < 4.78 is 1.25. The molecule has 0 radical (unpaired) electrons. The van der Waals surface area contributed by atoms with Gasteiger partial charge in [0.25, 0.3) is 0 Å². The van der Waals surface area contributed by atoms with Crippen molar-refractivity contribution in [2.45, 2.75) is 37.6 Å². The number of hydrogen-bond acceptors (Lipinski definition) is 2. The molecule has 1 aromatic carbocycles. The van der Waals surface area contributed by atoms with Gasteiger partial charge in [0.15, 0.2) is 0 Å². The number of hydrogen-bond donors (Lipinski definition) is 1. The SMILES string of the molecule is CCNC(c1sccc1Br)C1(c2ccccc2)CCC1. The fourth-order valence-electron chi connectivity index (χ4n) is 3.33. The molecular weight excluding hydrogens is 330 g/mol. The molecule has 2 aromatic rings. The number of halogens is 1. The Balaban J connectivity index is 2.03. The van der Waals surface area contributed by atoms with Crippen LogP contribution in [0.5, 0.6) is 0 Å². The van der Waals surface area contributed by atoms with Crippen LogP contribution in [-0.4, -0.2) is 6.54 Å². The minimum Gasteiger partial charge on any atom is -0.309 e. The minimum absolute atomic E-state index is 0.268. The number of benzene rings is 1. The second-order valence-corrected chi connectivity index (χ2v) is 7.30. The van der Waals surface area contributed by atoms with E-state index in [-0.39, 0.29) is 5.41 Å². The van der Waals surface area contributed by atoms with Crippen molar-refractivity contribution in [3.05, 3.63) is 56.7 Å². The molecule has 1 aliphatic carbocycles. The number of rotatable bonds is 5. The van der Waals surface area contributed by atoms with Gasteiger partial charge in [-0.05, 0) is 52.3 Å². The Morgan fingerprint density at radius 2 is 2.00 bits per heavy atom. The summed E-state index contributed by atoms with van der Waals surface area (Å²) in [5, 5.41) is 5.93. The van der Waals surface area contributed by atoms with Crippen LogP contribution in [0.1, 0.15) is 42.7 Å². The maximum atomic E-state index is 3.75. The lowest BCUT2D eigenvalue weighted by Gasteiger charge is -2.48. The predicted molar refractivity (Wildman–Crippen MR) is 90.4 cm³/mol. The Kier molecular flexibility index (Phi) is 4.29. The van der Waals surface area contributed by atoms with E-state index in [0.717, 1.165) is 6.54 Å². The lowest BCUT2D eigenvalue weighted by molar-refractivity contribution is 0.173. The van der Waals surface area contributed by atoms with Gasteiger partial charge in [-0.2, -0.15) is 0 Å². The average molecular weight is 350 g/mol. The fourth-order valence-corrected chi connectivity index (χ4v) is 5.12. The van der Waals surface area contributed by atoms with Crippen LogP contribution >= 0.6 is 27.3 Å². The van der Waals surface area contributed by atoms with Gasteiger partial charge in [-0.25, -0.2) is 0 Å². The van der Waals surface area contributed by atoms with Gasteiger partial charge in [-0.1, -0.05) is 43.7 Å². The van der Waals surface area contributed by atoms with Crippen LogP contribution in [0.25, 0.3) is 0 Å². The zero-order chi connectivity index (χ0) is 14.0. The molecule has 1 aliphatic rings. The highest BCUT2D eigenvalue weighted by molar-refractivity contribution is 9.10. The number of likely N-dealkylation sites (N-methyl/N-ethyl adjacent to an activating group) is 1. The summed E-state index contributed by atoms with van der Waals surface area (Å²) in [6.07, 6.45) is 3.89. The van der Waals surface area contributed by atoms with E-state index in [9.17, 15) is 0 Å². The van der Waals surface area contributed by atoms with Crippen LogP contribution in [0, 0.1) is 0 Å². The average Bonchev–Trinajstić information content (AvgIpc) is 2.84. The second kappa shape index (κ2) is 6.00. The summed E-state index contributed by atoms with van der Waals surface area (Å²) >= 11 is 5.58. The monoisotopic (exact) mass is 349 g/mol. The second-order valence-electron chi connectivity index (χ2n) is 5.50. The first-order valence-corrected chi connectivity index (χ1v) is 8.97. The van der Waals surface area contributed by atoms with E-state index in [0.29, 0.717) is 6.04 Å². The van der Waals surface area contributed by atoms with E-state index in [1.165, 1.54) is 34.2 Å². The molecule has 0 aliphatic heterocycles. The Bertz CT molecular complexity index is 559. The molecule has 1 unspecified atom stereocenters. The Morgan fingerprint density at radius 3 is 2.50 bits per heavy atom. The van der Waals surface area contributed by atoms with Crippen molar-refractivity contribution in [3.63, 3.8) is 0 Å². The molecule has 0 bridgehead atoms.